The van der Waals surface area contributed by atoms with Crippen molar-refractivity contribution in [1.82, 2.24) is 4.98 Å². The third-order valence-electron chi connectivity index (χ3n) is 2.86. The molecule has 0 fully saturated rings. The van der Waals surface area contributed by atoms with E-state index in [0.717, 1.165) is 5.69 Å². The summed E-state index contributed by atoms with van der Waals surface area (Å²) in [6.45, 7) is 4.26. The molecule has 0 unspecified atom stereocenters. The Morgan fingerprint density at radius 2 is 1.76 bits per heavy atom. The first-order chi connectivity index (χ1) is 8.24. The minimum atomic E-state index is 1.10. The highest BCUT2D eigenvalue weighted by atomic mass is 32.1. The monoisotopic (exact) mass is 239 g/mol. The fraction of sp³-hybridized carbons (Fsp3) is 0.133. The molecule has 0 amide bonds. The van der Waals surface area contributed by atoms with Gasteiger partial charge in [-0.2, -0.15) is 0 Å². The SMILES string of the molecule is Cc1cc(C)cc(-c2nccc3ccsc23)c1. The number of pyridine rings is 1. The first kappa shape index (κ1) is 10.5. The molecule has 1 nitrogen and oxygen atoms in total. The maximum absolute atomic E-state index is 4.54. The summed E-state index contributed by atoms with van der Waals surface area (Å²) in [5.74, 6) is 0. The number of fused-ring (bicyclic) bond motifs is 1. The number of aromatic nitrogens is 1. The van der Waals surface area contributed by atoms with Gasteiger partial charge in [0.15, 0.2) is 0 Å². The van der Waals surface area contributed by atoms with Crippen LogP contribution in [0, 0.1) is 13.8 Å². The zero-order valence-corrected chi connectivity index (χ0v) is 10.7. The maximum atomic E-state index is 4.54. The van der Waals surface area contributed by atoms with Crippen LogP contribution in [0.5, 0.6) is 0 Å². The van der Waals surface area contributed by atoms with Crippen molar-refractivity contribution in [3.63, 3.8) is 0 Å². The lowest BCUT2D eigenvalue weighted by Gasteiger charge is -2.05. The zero-order chi connectivity index (χ0) is 11.8. The van der Waals surface area contributed by atoms with Crippen LogP contribution in [0.25, 0.3) is 21.3 Å². The molecule has 0 aliphatic heterocycles. The van der Waals surface area contributed by atoms with Crippen molar-refractivity contribution in [1.29, 1.82) is 0 Å². The molecule has 3 rings (SSSR count). The van der Waals surface area contributed by atoms with E-state index in [1.165, 1.54) is 26.8 Å². The Hall–Kier alpha value is -1.67. The lowest BCUT2D eigenvalue weighted by molar-refractivity contribution is 1.33. The van der Waals surface area contributed by atoms with E-state index in [1.54, 1.807) is 11.3 Å². The summed E-state index contributed by atoms with van der Waals surface area (Å²) in [6.07, 6.45) is 1.89. The second-order valence-electron chi connectivity index (χ2n) is 4.37. The molecule has 84 valence electrons. The van der Waals surface area contributed by atoms with E-state index in [0.29, 0.717) is 0 Å². The topological polar surface area (TPSA) is 12.9 Å². The summed E-state index contributed by atoms with van der Waals surface area (Å²) in [5, 5.41) is 3.40. The van der Waals surface area contributed by atoms with Crippen molar-refractivity contribution in [3.8, 4) is 11.3 Å². The van der Waals surface area contributed by atoms with Crippen LogP contribution < -0.4 is 0 Å². The van der Waals surface area contributed by atoms with E-state index in [1.807, 2.05) is 6.20 Å². The van der Waals surface area contributed by atoms with Crippen LogP contribution in [0.3, 0.4) is 0 Å². The van der Waals surface area contributed by atoms with E-state index >= 15 is 0 Å². The lowest BCUT2D eigenvalue weighted by atomic mass is 10.0. The van der Waals surface area contributed by atoms with E-state index < -0.39 is 0 Å². The first-order valence-corrected chi connectivity index (χ1v) is 6.53. The van der Waals surface area contributed by atoms with Gasteiger partial charge < -0.3 is 0 Å². The van der Waals surface area contributed by atoms with Crippen LogP contribution in [-0.4, -0.2) is 4.98 Å². The molecule has 17 heavy (non-hydrogen) atoms. The van der Waals surface area contributed by atoms with E-state index in [4.69, 9.17) is 0 Å². The zero-order valence-electron chi connectivity index (χ0n) is 9.90. The van der Waals surface area contributed by atoms with Crippen LogP contribution in [-0.2, 0) is 0 Å². The van der Waals surface area contributed by atoms with Gasteiger partial charge in [-0.3, -0.25) is 4.98 Å². The highest BCUT2D eigenvalue weighted by molar-refractivity contribution is 7.17. The standard InChI is InChI=1S/C15H13NS/c1-10-7-11(2)9-13(8-10)14-15-12(3-5-16-14)4-6-17-15/h3-9H,1-2H3. The quantitative estimate of drug-likeness (QED) is 0.605. The van der Waals surface area contributed by atoms with Crippen molar-refractivity contribution < 1.29 is 0 Å². The molecule has 0 aliphatic rings. The molecular weight excluding hydrogens is 226 g/mol. The normalized spacial score (nSPS) is 10.9. The molecule has 0 aliphatic carbocycles. The van der Waals surface area contributed by atoms with Crippen molar-refractivity contribution >= 4 is 21.4 Å². The van der Waals surface area contributed by atoms with E-state index in [-0.39, 0.29) is 0 Å². The molecule has 0 atom stereocenters. The molecule has 1 aromatic carbocycles. The van der Waals surface area contributed by atoms with Crippen molar-refractivity contribution in [2.75, 3.05) is 0 Å². The van der Waals surface area contributed by atoms with Gasteiger partial charge in [-0.1, -0.05) is 17.2 Å². The van der Waals surface area contributed by atoms with Crippen molar-refractivity contribution in [2.45, 2.75) is 13.8 Å². The third-order valence-corrected chi connectivity index (χ3v) is 3.80. The second-order valence-corrected chi connectivity index (χ2v) is 5.29. The number of hydrogen-bond acceptors (Lipinski definition) is 2. The summed E-state index contributed by atoms with van der Waals surface area (Å²) in [6, 6.07) is 10.8. The molecule has 3 aromatic rings. The Morgan fingerprint density at radius 1 is 1.00 bits per heavy atom. The lowest BCUT2D eigenvalue weighted by Crippen LogP contribution is -1.86. The van der Waals surface area contributed by atoms with Crippen molar-refractivity contribution in [2.24, 2.45) is 0 Å². The average Bonchev–Trinajstić information content (AvgIpc) is 2.75. The fourth-order valence-electron chi connectivity index (χ4n) is 2.21. The molecule has 2 aromatic heterocycles. The Kier molecular flexibility index (Phi) is 2.45. The first-order valence-electron chi connectivity index (χ1n) is 5.65. The Morgan fingerprint density at radius 3 is 2.53 bits per heavy atom. The van der Waals surface area contributed by atoms with Crippen LogP contribution >= 0.6 is 11.3 Å². The molecule has 2 heteroatoms. The Balaban J connectivity index is 2.30. The van der Waals surface area contributed by atoms with Crippen LogP contribution in [0.4, 0.5) is 0 Å². The number of benzene rings is 1. The van der Waals surface area contributed by atoms with Gasteiger partial charge >= 0.3 is 0 Å². The minimum absolute atomic E-state index is 1.10. The summed E-state index contributed by atoms with van der Waals surface area (Å²) < 4.78 is 1.28. The molecule has 0 saturated carbocycles. The number of hydrogen-bond donors (Lipinski definition) is 0. The predicted molar refractivity (Wildman–Crippen MR) is 74.5 cm³/mol. The highest BCUT2D eigenvalue weighted by Crippen LogP contribution is 2.31. The Labute approximate surface area is 105 Å². The minimum Gasteiger partial charge on any atom is -0.255 e. The summed E-state index contributed by atoms with van der Waals surface area (Å²) in [5.41, 5.74) is 4.89. The molecule has 0 radical (unpaired) electrons. The van der Waals surface area contributed by atoms with Crippen molar-refractivity contribution in [3.05, 3.63) is 53.0 Å². The maximum Gasteiger partial charge on any atom is 0.0880 e. The molecule has 0 spiro atoms. The number of rotatable bonds is 1. The predicted octanol–water partition coefficient (Wildman–Crippen LogP) is 4.58. The molecule has 0 bridgehead atoms. The average molecular weight is 239 g/mol. The fourth-order valence-corrected chi connectivity index (χ4v) is 3.12. The molecule has 0 N–H and O–H groups in total. The van der Waals surface area contributed by atoms with Crippen LogP contribution in [0.2, 0.25) is 0 Å². The van der Waals surface area contributed by atoms with Gasteiger partial charge in [0.1, 0.15) is 0 Å². The highest BCUT2D eigenvalue weighted by Gasteiger charge is 2.07. The Bertz CT molecular complexity index is 662. The smallest absolute Gasteiger partial charge is 0.0880 e. The number of nitrogens with zero attached hydrogens (tertiary/aromatic N) is 1. The summed E-state index contributed by atoms with van der Waals surface area (Å²) in [4.78, 5) is 4.54. The van der Waals surface area contributed by atoms with Gasteiger partial charge in [0.05, 0.1) is 10.4 Å². The third kappa shape index (κ3) is 1.85. The molecular formula is C15H13NS. The van der Waals surface area contributed by atoms with Gasteiger partial charge in [-0.05, 0) is 48.9 Å². The summed E-state index contributed by atoms with van der Waals surface area (Å²) in [7, 11) is 0. The van der Waals surface area contributed by atoms with Gasteiger partial charge in [0, 0.05) is 11.8 Å². The number of thiophene rings is 1. The van der Waals surface area contributed by atoms with Crippen LogP contribution in [0.1, 0.15) is 11.1 Å². The summed E-state index contributed by atoms with van der Waals surface area (Å²) >= 11 is 1.76. The van der Waals surface area contributed by atoms with Gasteiger partial charge in [0.2, 0.25) is 0 Å². The molecule has 0 saturated heterocycles. The van der Waals surface area contributed by atoms with Crippen LogP contribution in [0.15, 0.2) is 41.9 Å². The van der Waals surface area contributed by atoms with E-state index in [9.17, 15) is 0 Å². The van der Waals surface area contributed by atoms with Gasteiger partial charge in [0.25, 0.3) is 0 Å². The molecule has 2 heterocycles. The van der Waals surface area contributed by atoms with E-state index in [2.05, 4.69) is 54.5 Å². The second kappa shape index (κ2) is 3.97. The largest absolute Gasteiger partial charge is 0.255 e. The number of aryl methyl sites for hydroxylation is 2. The van der Waals surface area contributed by atoms with Gasteiger partial charge in [-0.25, -0.2) is 0 Å². The van der Waals surface area contributed by atoms with Gasteiger partial charge in [-0.15, -0.1) is 11.3 Å².